The molecule has 4 aromatic rings. The molecule has 1 amide bonds. The number of fused-ring (bicyclic) bond motifs is 2. The highest BCUT2D eigenvalue weighted by atomic mass is 32.2. The molecule has 38 heavy (non-hydrogen) atoms. The van der Waals surface area contributed by atoms with Gasteiger partial charge < -0.3 is 4.90 Å². The lowest BCUT2D eigenvalue weighted by molar-refractivity contribution is 0.0703. The summed E-state index contributed by atoms with van der Waals surface area (Å²) in [4.78, 5) is 24.4. The van der Waals surface area contributed by atoms with Crippen molar-refractivity contribution in [3.05, 3.63) is 70.7 Å². The maximum absolute atomic E-state index is 14.8. The van der Waals surface area contributed by atoms with E-state index in [2.05, 4.69) is 40.9 Å². The van der Waals surface area contributed by atoms with Crippen LogP contribution in [0.25, 0.3) is 17.1 Å². The van der Waals surface area contributed by atoms with E-state index in [4.69, 9.17) is 4.98 Å². The summed E-state index contributed by atoms with van der Waals surface area (Å²) < 4.78 is 16.6. The van der Waals surface area contributed by atoms with E-state index < -0.39 is 0 Å². The van der Waals surface area contributed by atoms with Crippen LogP contribution in [0.5, 0.6) is 0 Å². The van der Waals surface area contributed by atoms with Crippen molar-refractivity contribution in [2.45, 2.75) is 57.0 Å². The molecular weight excluding hydrogens is 519 g/mol. The maximum atomic E-state index is 14.8. The maximum Gasteiger partial charge on any atom is 0.273 e. The summed E-state index contributed by atoms with van der Waals surface area (Å²) in [6.07, 6.45) is 6.61. The van der Waals surface area contributed by atoms with Crippen LogP contribution in [0.15, 0.2) is 59.3 Å². The largest absolute Gasteiger partial charge is 0.334 e. The van der Waals surface area contributed by atoms with Crippen molar-refractivity contribution >= 4 is 29.0 Å². The van der Waals surface area contributed by atoms with Crippen molar-refractivity contribution in [1.29, 1.82) is 0 Å². The van der Waals surface area contributed by atoms with Gasteiger partial charge in [0.1, 0.15) is 16.5 Å². The number of nitrogens with zero attached hydrogens (tertiary/aromatic N) is 6. The molecule has 4 heterocycles. The number of amides is 1. The Morgan fingerprint density at radius 1 is 1.16 bits per heavy atom. The molecule has 1 aliphatic carbocycles. The molecule has 2 fully saturated rings. The quantitative estimate of drug-likeness (QED) is 0.265. The predicted molar refractivity (Wildman–Crippen MR) is 147 cm³/mol. The van der Waals surface area contributed by atoms with E-state index in [9.17, 15) is 9.18 Å². The van der Waals surface area contributed by atoms with Crippen LogP contribution in [0.2, 0.25) is 0 Å². The minimum atomic E-state index is -0.367. The van der Waals surface area contributed by atoms with Crippen LogP contribution in [0.4, 0.5) is 4.39 Å². The first kappa shape index (κ1) is 25.2. The van der Waals surface area contributed by atoms with Crippen molar-refractivity contribution in [2.24, 2.45) is 10.8 Å². The molecular formula is C28H29FN6OS2. The molecule has 2 atom stereocenters. The number of pyridine rings is 1. The summed E-state index contributed by atoms with van der Waals surface area (Å²) in [5.74, 6) is 0.662. The van der Waals surface area contributed by atoms with E-state index >= 15 is 0 Å². The molecule has 6 rings (SSSR count). The topological polar surface area (TPSA) is 76.8 Å². The van der Waals surface area contributed by atoms with Crippen LogP contribution in [0.1, 0.15) is 55.5 Å². The number of thiazole rings is 1. The first-order chi connectivity index (χ1) is 18.2. The standard InChI is InChI=1S/C28H29FN6OS2/c1-27(2)11-19-12-28(3,16-27)17-34(19)25(36)21-14-37-23(31-21)15-38-26-33-32-24(18-7-6-10-30-13-18)35(26)22-9-5-4-8-20(22)29/h4-10,13-14,19H,11-12,15-17H2,1-3H3. The Kier molecular flexibility index (Phi) is 6.34. The summed E-state index contributed by atoms with van der Waals surface area (Å²) in [5, 5.41) is 11.9. The molecule has 1 saturated heterocycles. The lowest BCUT2D eigenvalue weighted by Crippen LogP contribution is -2.37. The van der Waals surface area contributed by atoms with Crippen LogP contribution in [0.3, 0.4) is 0 Å². The Balaban J connectivity index is 1.22. The second-order valence-corrected chi connectivity index (χ2v) is 13.3. The van der Waals surface area contributed by atoms with Gasteiger partial charge in [-0.2, -0.15) is 0 Å². The van der Waals surface area contributed by atoms with Crippen molar-refractivity contribution < 1.29 is 9.18 Å². The lowest BCUT2D eigenvalue weighted by Gasteiger charge is -2.39. The van der Waals surface area contributed by atoms with Gasteiger partial charge in [-0.1, -0.05) is 44.7 Å². The molecule has 1 aliphatic heterocycles. The normalized spacial score (nSPS) is 22.1. The van der Waals surface area contributed by atoms with Gasteiger partial charge in [0.05, 0.1) is 11.4 Å². The first-order valence-corrected chi connectivity index (χ1v) is 14.6. The van der Waals surface area contributed by atoms with Crippen LogP contribution < -0.4 is 0 Å². The molecule has 2 aliphatic rings. The van der Waals surface area contributed by atoms with Crippen molar-refractivity contribution in [3.8, 4) is 17.1 Å². The zero-order valence-electron chi connectivity index (χ0n) is 21.6. The Morgan fingerprint density at radius 2 is 2.00 bits per heavy atom. The third-order valence-electron chi connectivity index (χ3n) is 7.42. The zero-order valence-corrected chi connectivity index (χ0v) is 23.2. The van der Waals surface area contributed by atoms with Gasteiger partial charge in [0, 0.05) is 35.9 Å². The lowest BCUT2D eigenvalue weighted by atomic mass is 9.65. The van der Waals surface area contributed by atoms with Gasteiger partial charge in [0.25, 0.3) is 5.91 Å². The molecule has 0 N–H and O–H groups in total. The van der Waals surface area contributed by atoms with E-state index in [0.717, 1.165) is 36.4 Å². The monoisotopic (exact) mass is 548 g/mol. The van der Waals surface area contributed by atoms with Gasteiger partial charge >= 0.3 is 0 Å². The zero-order chi connectivity index (χ0) is 26.5. The highest BCUT2D eigenvalue weighted by molar-refractivity contribution is 7.98. The Labute approximate surface area is 229 Å². The summed E-state index contributed by atoms with van der Waals surface area (Å²) in [6.45, 7) is 7.72. The average molecular weight is 549 g/mol. The average Bonchev–Trinajstić information content (AvgIpc) is 3.58. The molecule has 1 saturated carbocycles. The first-order valence-electron chi connectivity index (χ1n) is 12.7. The summed E-state index contributed by atoms with van der Waals surface area (Å²) in [6, 6.07) is 10.5. The number of likely N-dealkylation sites (tertiary alicyclic amines) is 1. The van der Waals surface area contributed by atoms with Crippen LogP contribution >= 0.6 is 23.1 Å². The number of hydrogen-bond acceptors (Lipinski definition) is 7. The summed E-state index contributed by atoms with van der Waals surface area (Å²) in [7, 11) is 0. The molecule has 0 radical (unpaired) electrons. The number of para-hydroxylation sites is 1. The predicted octanol–water partition coefficient (Wildman–Crippen LogP) is 6.26. The summed E-state index contributed by atoms with van der Waals surface area (Å²) in [5.41, 5.74) is 2.04. The summed E-state index contributed by atoms with van der Waals surface area (Å²) >= 11 is 2.88. The van der Waals surface area contributed by atoms with Crippen molar-refractivity contribution in [2.75, 3.05) is 6.54 Å². The van der Waals surface area contributed by atoms with Crippen LogP contribution in [-0.2, 0) is 5.75 Å². The van der Waals surface area contributed by atoms with E-state index in [1.165, 1.54) is 29.2 Å². The minimum absolute atomic E-state index is 0.0253. The fourth-order valence-corrected chi connectivity index (χ4v) is 8.07. The van der Waals surface area contributed by atoms with Crippen molar-refractivity contribution in [3.63, 3.8) is 0 Å². The highest BCUT2D eigenvalue weighted by Gasteiger charge is 2.51. The number of rotatable bonds is 6. The molecule has 10 heteroatoms. The fraction of sp³-hybridized carbons (Fsp3) is 0.393. The number of benzene rings is 1. The smallest absolute Gasteiger partial charge is 0.273 e. The van der Waals surface area contributed by atoms with Gasteiger partial charge in [-0.25, -0.2) is 9.37 Å². The van der Waals surface area contributed by atoms with Gasteiger partial charge in [0.15, 0.2) is 11.0 Å². The van der Waals surface area contributed by atoms with E-state index in [-0.39, 0.29) is 28.6 Å². The molecule has 2 bridgehead atoms. The van der Waals surface area contributed by atoms with Crippen molar-refractivity contribution in [1.82, 2.24) is 29.6 Å². The second-order valence-electron chi connectivity index (χ2n) is 11.4. The van der Waals surface area contributed by atoms with Gasteiger partial charge in [-0.15, -0.1) is 21.5 Å². The number of thioether (sulfide) groups is 1. The van der Waals surface area contributed by atoms with Gasteiger partial charge in [-0.3, -0.25) is 14.3 Å². The third kappa shape index (κ3) is 4.75. The number of aromatic nitrogens is 5. The Morgan fingerprint density at radius 3 is 2.79 bits per heavy atom. The Hall–Kier alpha value is -3.11. The molecule has 196 valence electrons. The molecule has 7 nitrogen and oxygen atoms in total. The SMILES string of the molecule is CC1(C)CC2CC(C)(CN2C(=O)c2csc(CSc3nnc(-c4cccnc4)n3-c3ccccc3F)n2)C1. The molecule has 1 aromatic carbocycles. The second kappa shape index (κ2) is 9.57. The number of carbonyl (C=O) groups is 1. The number of halogens is 1. The number of carbonyl (C=O) groups excluding carboxylic acids is 1. The van der Waals surface area contributed by atoms with Crippen LogP contribution in [-0.4, -0.2) is 48.1 Å². The fourth-order valence-electron chi connectivity index (χ4n) is 6.34. The third-order valence-corrected chi connectivity index (χ3v) is 9.39. The molecule has 0 spiro atoms. The van der Waals surface area contributed by atoms with E-state index in [1.807, 2.05) is 17.5 Å². The van der Waals surface area contributed by atoms with Crippen LogP contribution in [0, 0.1) is 16.6 Å². The van der Waals surface area contributed by atoms with E-state index in [1.54, 1.807) is 35.2 Å². The molecule has 3 aromatic heterocycles. The van der Waals surface area contributed by atoms with Gasteiger partial charge in [0.2, 0.25) is 0 Å². The Bertz CT molecular complexity index is 1490. The molecule has 2 unspecified atom stereocenters. The minimum Gasteiger partial charge on any atom is -0.334 e. The van der Waals surface area contributed by atoms with Gasteiger partial charge in [-0.05, 0) is 54.4 Å². The highest BCUT2D eigenvalue weighted by Crippen LogP contribution is 2.52. The van der Waals surface area contributed by atoms with E-state index in [0.29, 0.717) is 28.1 Å². The number of hydrogen-bond donors (Lipinski definition) is 0.